The summed E-state index contributed by atoms with van der Waals surface area (Å²) in [6.45, 7) is 10.2. The molecule has 1 heterocycles. The zero-order valence-corrected chi connectivity index (χ0v) is 13.7. The molecule has 0 fully saturated rings. The Kier molecular flexibility index (Phi) is 4.74. The van der Waals surface area contributed by atoms with Crippen LogP contribution in [-0.2, 0) is 28.3 Å². The van der Waals surface area contributed by atoms with E-state index in [0.717, 1.165) is 5.69 Å². The molecule has 0 saturated heterocycles. The molecule has 7 heteroatoms. The Bertz CT molecular complexity index is 633. The minimum atomic E-state index is -3.11. The van der Waals surface area contributed by atoms with Gasteiger partial charge in [0.2, 0.25) is 0 Å². The first kappa shape index (κ1) is 16.8. The minimum Gasteiger partial charge on any atom is -0.393 e. The molecular formula is C13H25N3O3S. The van der Waals surface area contributed by atoms with Gasteiger partial charge in [-0.15, -0.1) is 0 Å². The van der Waals surface area contributed by atoms with E-state index in [1.807, 2.05) is 27.7 Å². The summed E-state index contributed by atoms with van der Waals surface area (Å²) in [5.74, 6) is 0.0344. The third-order valence-electron chi connectivity index (χ3n) is 3.33. The van der Waals surface area contributed by atoms with Gasteiger partial charge in [0.25, 0.3) is 5.56 Å². The largest absolute Gasteiger partial charge is 0.393 e. The van der Waals surface area contributed by atoms with Gasteiger partial charge in [0, 0.05) is 17.7 Å². The predicted molar refractivity (Wildman–Crippen MR) is 81.8 cm³/mol. The molecule has 20 heavy (non-hydrogen) atoms. The van der Waals surface area contributed by atoms with Crippen molar-refractivity contribution in [3.05, 3.63) is 16.0 Å². The van der Waals surface area contributed by atoms with E-state index in [2.05, 4.69) is 0 Å². The maximum Gasteiger partial charge on any atom is 0.290 e. The Balaban J connectivity index is 3.32. The molecular weight excluding hydrogens is 278 g/mol. The van der Waals surface area contributed by atoms with Crippen molar-refractivity contribution < 1.29 is 8.42 Å². The van der Waals surface area contributed by atoms with Crippen molar-refractivity contribution in [2.24, 2.45) is 0 Å². The van der Waals surface area contributed by atoms with Gasteiger partial charge in [-0.1, -0.05) is 27.7 Å². The van der Waals surface area contributed by atoms with Crippen molar-refractivity contribution >= 4 is 15.5 Å². The highest BCUT2D eigenvalue weighted by molar-refractivity contribution is 7.91. The lowest BCUT2D eigenvalue weighted by Crippen LogP contribution is -2.29. The van der Waals surface area contributed by atoms with Gasteiger partial charge in [0.1, 0.15) is 5.69 Å². The van der Waals surface area contributed by atoms with E-state index in [1.54, 1.807) is 11.6 Å². The van der Waals surface area contributed by atoms with E-state index in [9.17, 15) is 13.2 Å². The molecule has 0 aliphatic carbocycles. The molecule has 1 aromatic rings. The first-order chi connectivity index (χ1) is 9.05. The molecule has 2 N–H and O–H groups in total. The predicted octanol–water partition coefficient (Wildman–Crippen LogP) is 0.984. The van der Waals surface area contributed by atoms with E-state index in [-0.39, 0.29) is 34.7 Å². The molecule has 6 nitrogen and oxygen atoms in total. The van der Waals surface area contributed by atoms with Gasteiger partial charge in [-0.3, -0.25) is 9.48 Å². The fourth-order valence-electron chi connectivity index (χ4n) is 2.32. The van der Waals surface area contributed by atoms with Gasteiger partial charge >= 0.3 is 0 Å². The van der Waals surface area contributed by atoms with Crippen molar-refractivity contribution in [3.63, 3.8) is 0 Å². The number of aromatic nitrogens is 2. The molecule has 0 aliphatic rings. The Labute approximate surface area is 120 Å². The number of nitrogen functional groups attached to an aromatic ring is 1. The number of anilines is 1. The number of hydrogen-bond donors (Lipinski definition) is 1. The van der Waals surface area contributed by atoms with E-state index in [0.29, 0.717) is 6.54 Å². The summed E-state index contributed by atoms with van der Waals surface area (Å²) in [5.41, 5.74) is 6.34. The minimum absolute atomic E-state index is 0.0452. The quantitative estimate of drug-likeness (QED) is 0.878. The molecule has 0 atom stereocenters. The highest BCUT2D eigenvalue weighted by atomic mass is 32.2. The van der Waals surface area contributed by atoms with Crippen molar-refractivity contribution in [1.82, 2.24) is 9.36 Å². The van der Waals surface area contributed by atoms with Crippen LogP contribution in [0, 0.1) is 0 Å². The molecule has 0 spiro atoms. The summed E-state index contributed by atoms with van der Waals surface area (Å²) in [5, 5.41) is 0. The second-order valence-electron chi connectivity index (χ2n) is 5.89. The Hall–Kier alpha value is -1.24. The SMILES string of the molecule is CCn1c(C(C)(C)C)c(N)c(=O)n1CCS(=O)(=O)CC. The van der Waals surface area contributed by atoms with E-state index in [1.165, 1.54) is 4.68 Å². The summed E-state index contributed by atoms with van der Waals surface area (Å²) in [7, 11) is -3.11. The lowest BCUT2D eigenvalue weighted by atomic mass is 9.91. The number of rotatable bonds is 5. The maximum atomic E-state index is 12.2. The normalized spacial score (nSPS) is 12.8. The van der Waals surface area contributed by atoms with Gasteiger partial charge in [-0.05, 0) is 6.92 Å². The zero-order chi connectivity index (χ0) is 15.7. The third-order valence-corrected chi connectivity index (χ3v) is 5.02. The number of sulfone groups is 1. The van der Waals surface area contributed by atoms with Crippen molar-refractivity contribution in [1.29, 1.82) is 0 Å². The molecule has 0 saturated carbocycles. The Morgan fingerprint density at radius 1 is 1.15 bits per heavy atom. The average molecular weight is 303 g/mol. The van der Waals surface area contributed by atoms with Gasteiger partial charge in [-0.2, -0.15) is 0 Å². The number of nitrogens with two attached hydrogens (primary N) is 1. The van der Waals surface area contributed by atoms with E-state index < -0.39 is 9.84 Å². The first-order valence-electron chi connectivity index (χ1n) is 6.85. The fraction of sp³-hybridized carbons (Fsp3) is 0.769. The molecule has 0 aliphatic heterocycles. The van der Waals surface area contributed by atoms with Crippen LogP contribution >= 0.6 is 0 Å². The van der Waals surface area contributed by atoms with Gasteiger partial charge in [0.05, 0.1) is 18.0 Å². The smallest absolute Gasteiger partial charge is 0.290 e. The average Bonchev–Trinajstić information content (AvgIpc) is 2.59. The van der Waals surface area contributed by atoms with Crippen LogP contribution in [0.4, 0.5) is 5.69 Å². The molecule has 0 bridgehead atoms. The highest BCUT2D eigenvalue weighted by Crippen LogP contribution is 2.26. The molecule has 1 aromatic heterocycles. The number of nitrogens with zero attached hydrogens (tertiary/aromatic N) is 2. The summed E-state index contributed by atoms with van der Waals surface area (Å²) < 4.78 is 26.5. The second kappa shape index (κ2) is 5.63. The lowest BCUT2D eigenvalue weighted by Gasteiger charge is -2.22. The first-order valence-corrected chi connectivity index (χ1v) is 8.67. The lowest BCUT2D eigenvalue weighted by molar-refractivity contribution is 0.421. The number of hydrogen-bond acceptors (Lipinski definition) is 4. The van der Waals surface area contributed by atoms with Crippen LogP contribution in [0.1, 0.15) is 40.3 Å². The van der Waals surface area contributed by atoms with Crippen molar-refractivity contribution in [2.45, 2.75) is 53.1 Å². The summed E-state index contributed by atoms with van der Waals surface area (Å²) in [4.78, 5) is 12.2. The summed E-state index contributed by atoms with van der Waals surface area (Å²) in [6, 6.07) is 0. The maximum absolute atomic E-state index is 12.2. The van der Waals surface area contributed by atoms with E-state index >= 15 is 0 Å². The van der Waals surface area contributed by atoms with E-state index in [4.69, 9.17) is 5.73 Å². The Morgan fingerprint density at radius 2 is 1.70 bits per heavy atom. The third kappa shape index (κ3) is 3.26. The molecule has 0 radical (unpaired) electrons. The zero-order valence-electron chi connectivity index (χ0n) is 12.9. The van der Waals surface area contributed by atoms with Crippen molar-refractivity contribution in [2.75, 3.05) is 17.2 Å². The van der Waals surface area contributed by atoms with Crippen LogP contribution in [0.5, 0.6) is 0 Å². The highest BCUT2D eigenvalue weighted by Gasteiger charge is 2.27. The van der Waals surface area contributed by atoms with Crippen LogP contribution in [0.25, 0.3) is 0 Å². The van der Waals surface area contributed by atoms with Gasteiger partial charge < -0.3 is 5.73 Å². The van der Waals surface area contributed by atoms with Gasteiger partial charge in [-0.25, -0.2) is 13.1 Å². The molecule has 1 rings (SSSR count). The van der Waals surface area contributed by atoms with Crippen LogP contribution in [-0.4, -0.2) is 29.3 Å². The second-order valence-corrected chi connectivity index (χ2v) is 8.37. The summed E-state index contributed by atoms with van der Waals surface area (Å²) in [6.07, 6.45) is 0. The fourth-order valence-corrected chi connectivity index (χ4v) is 3.06. The Morgan fingerprint density at radius 3 is 2.10 bits per heavy atom. The van der Waals surface area contributed by atoms with Crippen molar-refractivity contribution in [3.8, 4) is 0 Å². The molecule has 0 unspecified atom stereocenters. The monoisotopic (exact) mass is 303 g/mol. The van der Waals surface area contributed by atoms with Crippen LogP contribution in [0.15, 0.2) is 4.79 Å². The standard InChI is InChI=1S/C13H25N3O3S/c1-6-15-11(13(3,4)5)10(14)12(17)16(15)8-9-20(18,19)7-2/h6-9,14H2,1-5H3. The molecule has 0 aromatic carbocycles. The molecule has 116 valence electrons. The molecule has 0 amide bonds. The van der Waals surface area contributed by atoms with Crippen LogP contribution in [0.2, 0.25) is 0 Å². The summed E-state index contributed by atoms with van der Waals surface area (Å²) >= 11 is 0. The topological polar surface area (TPSA) is 87.1 Å². The van der Waals surface area contributed by atoms with Crippen LogP contribution in [0.3, 0.4) is 0 Å². The van der Waals surface area contributed by atoms with Gasteiger partial charge in [0.15, 0.2) is 9.84 Å². The van der Waals surface area contributed by atoms with Crippen LogP contribution < -0.4 is 11.3 Å².